The maximum atomic E-state index is 13.1. The lowest BCUT2D eigenvalue weighted by Gasteiger charge is -2.28. The Kier molecular flexibility index (Phi) is 6.73. The fraction of sp³-hybridized carbons (Fsp3) is 0.450. The van der Waals surface area contributed by atoms with Crippen molar-refractivity contribution in [2.75, 3.05) is 20.2 Å². The van der Waals surface area contributed by atoms with Gasteiger partial charge in [0.15, 0.2) is 0 Å². The van der Waals surface area contributed by atoms with Gasteiger partial charge in [-0.3, -0.25) is 19.1 Å². The SMILES string of the molecule is COC(=O)c1c(O)cc(=O)n2c1CCN(C(=O)C1CCn3nccc3C1)CC2.O=CO. The molecule has 1 unspecified atom stereocenters. The number of nitrogens with zero attached hydrogens (tertiary/aromatic N) is 4. The largest absolute Gasteiger partial charge is 0.507 e. The van der Waals surface area contributed by atoms with Crippen molar-refractivity contribution in [3.8, 4) is 5.75 Å². The quantitative estimate of drug-likeness (QED) is 0.494. The summed E-state index contributed by atoms with van der Waals surface area (Å²) in [5.74, 6) is -1.14. The average Bonchev–Trinajstić information content (AvgIpc) is 3.11. The highest BCUT2D eigenvalue weighted by atomic mass is 16.5. The molecular formula is C20H24N4O7. The van der Waals surface area contributed by atoms with Gasteiger partial charge in [-0.25, -0.2) is 4.79 Å². The Balaban J connectivity index is 0.000000858. The minimum Gasteiger partial charge on any atom is -0.507 e. The van der Waals surface area contributed by atoms with Crippen LogP contribution in [0.2, 0.25) is 0 Å². The normalized spacial score (nSPS) is 17.3. The minimum absolute atomic E-state index is 0.00188. The molecule has 2 aromatic heterocycles. The predicted molar refractivity (Wildman–Crippen MR) is 107 cm³/mol. The van der Waals surface area contributed by atoms with Crippen LogP contribution >= 0.6 is 0 Å². The van der Waals surface area contributed by atoms with Crippen LogP contribution in [0.1, 0.15) is 28.2 Å². The van der Waals surface area contributed by atoms with Gasteiger partial charge in [0, 0.05) is 68.6 Å². The molecule has 2 N–H and O–H groups in total. The van der Waals surface area contributed by atoms with Gasteiger partial charge < -0.3 is 24.4 Å². The molecule has 0 aromatic carbocycles. The van der Waals surface area contributed by atoms with E-state index in [4.69, 9.17) is 14.6 Å². The van der Waals surface area contributed by atoms with Crippen LogP contribution in [-0.2, 0) is 40.3 Å². The van der Waals surface area contributed by atoms with Crippen LogP contribution in [0.5, 0.6) is 5.75 Å². The van der Waals surface area contributed by atoms with Crippen molar-refractivity contribution in [2.45, 2.75) is 32.4 Å². The van der Waals surface area contributed by atoms with Crippen LogP contribution in [0.4, 0.5) is 0 Å². The molecule has 2 aromatic rings. The van der Waals surface area contributed by atoms with Gasteiger partial charge >= 0.3 is 5.97 Å². The number of aromatic hydroxyl groups is 1. The van der Waals surface area contributed by atoms with Crippen molar-refractivity contribution in [1.29, 1.82) is 0 Å². The number of rotatable bonds is 2. The number of aromatic nitrogens is 3. The molecule has 0 saturated heterocycles. The zero-order chi connectivity index (χ0) is 22.5. The number of methoxy groups -OCH3 is 1. The number of carbonyl (C=O) groups excluding carboxylic acids is 2. The highest BCUT2D eigenvalue weighted by Gasteiger charge is 2.31. The molecule has 0 bridgehead atoms. The minimum atomic E-state index is -0.693. The van der Waals surface area contributed by atoms with Crippen LogP contribution in [0.25, 0.3) is 0 Å². The van der Waals surface area contributed by atoms with Crippen molar-refractivity contribution in [2.24, 2.45) is 5.92 Å². The van der Waals surface area contributed by atoms with Crippen molar-refractivity contribution >= 4 is 18.3 Å². The van der Waals surface area contributed by atoms with Crippen LogP contribution in [0.3, 0.4) is 0 Å². The molecule has 0 radical (unpaired) electrons. The molecule has 0 aliphatic carbocycles. The number of carboxylic acid groups (broad SMARTS) is 1. The number of pyridine rings is 1. The van der Waals surface area contributed by atoms with E-state index in [0.717, 1.165) is 18.2 Å². The third-order valence-corrected chi connectivity index (χ3v) is 5.61. The summed E-state index contributed by atoms with van der Waals surface area (Å²) in [4.78, 5) is 47.6. The molecule has 11 nitrogen and oxygen atoms in total. The first kappa shape index (κ1) is 22.1. The third kappa shape index (κ3) is 4.44. The second-order valence-corrected chi connectivity index (χ2v) is 7.25. The molecule has 2 aliphatic heterocycles. The monoisotopic (exact) mass is 432 g/mol. The number of carbonyl (C=O) groups is 3. The van der Waals surface area contributed by atoms with E-state index in [-0.39, 0.29) is 36.2 Å². The summed E-state index contributed by atoms with van der Waals surface area (Å²) >= 11 is 0. The second-order valence-electron chi connectivity index (χ2n) is 7.25. The number of amides is 1. The molecule has 0 saturated carbocycles. The Morgan fingerprint density at radius 2 is 2.00 bits per heavy atom. The maximum absolute atomic E-state index is 13.1. The van der Waals surface area contributed by atoms with Crippen LogP contribution in [-0.4, -0.2) is 68.0 Å². The first-order valence-electron chi connectivity index (χ1n) is 9.82. The summed E-state index contributed by atoms with van der Waals surface area (Å²) in [6.07, 6.45) is 3.42. The third-order valence-electron chi connectivity index (χ3n) is 5.61. The second kappa shape index (κ2) is 9.45. The zero-order valence-electron chi connectivity index (χ0n) is 17.1. The fourth-order valence-electron chi connectivity index (χ4n) is 4.14. The molecule has 1 atom stereocenters. The molecule has 166 valence electrons. The van der Waals surface area contributed by atoms with Gasteiger partial charge in [-0.15, -0.1) is 0 Å². The topological polar surface area (TPSA) is 144 Å². The molecular weight excluding hydrogens is 408 g/mol. The van der Waals surface area contributed by atoms with Crippen molar-refractivity contribution in [3.05, 3.63) is 45.6 Å². The molecule has 4 heterocycles. The molecule has 31 heavy (non-hydrogen) atoms. The standard InChI is InChI=1S/C19H22N4O5.CH2O2/c1-28-19(27)17-14-4-6-21(8-9-22(14)16(25)11-15(17)24)18(26)12-3-7-23-13(10-12)2-5-20-23;2-1-3/h2,5,11-12,24H,3-4,6-10H2,1H3;1H,(H,2,3). The smallest absolute Gasteiger partial charge is 0.343 e. The molecule has 0 fully saturated rings. The first-order valence-corrected chi connectivity index (χ1v) is 9.82. The van der Waals surface area contributed by atoms with Gasteiger partial charge in [0.1, 0.15) is 11.3 Å². The zero-order valence-corrected chi connectivity index (χ0v) is 17.1. The number of fused-ring (bicyclic) bond motifs is 2. The van der Waals surface area contributed by atoms with E-state index < -0.39 is 11.5 Å². The summed E-state index contributed by atoms with van der Waals surface area (Å²) < 4.78 is 8.13. The Bertz CT molecular complexity index is 1040. The first-order chi connectivity index (χ1) is 14.9. The summed E-state index contributed by atoms with van der Waals surface area (Å²) in [6.45, 7) is 1.50. The van der Waals surface area contributed by atoms with E-state index in [0.29, 0.717) is 38.2 Å². The Morgan fingerprint density at radius 1 is 1.26 bits per heavy atom. The number of hydrogen-bond acceptors (Lipinski definition) is 7. The molecule has 0 spiro atoms. The summed E-state index contributed by atoms with van der Waals surface area (Å²) in [5, 5.41) is 21.2. The maximum Gasteiger partial charge on any atom is 0.343 e. The van der Waals surface area contributed by atoms with Crippen molar-refractivity contribution < 1.29 is 29.3 Å². The summed E-state index contributed by atoms with van der Waals surface area (Å²) in [7, 11) is 1.23. The predicted octanol–water partition coefficient (Wildman–Crippen LogP) is -0.115. The Labute approximate surface area is 177 Å². The number of esters is 1. The Hall–Kier alpha value is -3.63. The van der Waals surface area contributed by atoms with E-state index in [1.165, 1.54) is 11.7 Å². The lowest BCUT2D eigenvalue weighted by molar-refractivity contribution is -0.136. The van der Waals surface area contributed by atoms with Crippen molar-refractivity contribution in [3.63, 3.8) is 0 Å². The summed E-state index contributed by atoms with van der Waals surface area (Å²) in [5.41, 5.74) is 1.07. The van der Waals surface area contributed by atoms with Gasteiger partial charge in [0.25, 0.3) is 12.0 Å². The van der Waals surface area contributed by atoms with E-state index in [9.17, 15) is 19.5 Å². The average molecular weight is 432 g/mol. The number of hydrogen-bond donors (Lipinski definition) is 2. The Morgan fingerprint density at radius 3 is 2.71 bits per heavy atom. The van der Waals surface area contributed by atoms with Gasteiger partial charge in [-0.1, -0.05) is 0 Å². The van der Waals surface area contributed by atoms with Gasteiger partial charge in [0.05, 0.1) is 7.11 Å². The number of ether oxygens (including phenoxy) is 1. The fourth-order valence-corrected chi connectivity index (χ4v) is 4.14. The highest BCUT2D eigenvalue weighted by Crippen LogP contribution is 2.25. The van der Waals surface area contributed by atoms with Gasteiger partial charge in [-0.05, 0) is 12.5 Å². The molecule has 2 aliphatic rings. The lowest BCUT2D eigenvalue weighted by atomic mass is 9.94. The molecule has 1 amide bonds. The van der Waals surface area contributed by atoms with E-state index in [1.807, 2.05) is 10.7 Å². The van der Waals surface area contributed by atoms with Crippen LogP contribution < -0.4 is 5.56 Å². The van der Waals surface area contributed by atoms with Gasteiger partial charge in [-0.2, -0.15) is 5.10 Å². The van der Waals surface area contributed by atoms with Crippen LogP contribution in [0, 0.1) is 5.92 Å². The van der Waals surface area contributed by atoms with Crippen LogP contribution in [0.15, 0.2) is 23.1 Å². The molecule has 11 heteroatoms. The lowest BCUT2D eigenvalue weighted by Crippen LogP contribution is -2.41. The van der Waals surface area contributed by atoms with Crippen molar-refractivity contribution in [1.82, 2.24) is 19.2 Å². The van der Waals surface area contributed by atoms with E-state index in [2.05, 4.69) is 5.10 Å². The molecule has 4 rings (SSSR count). The highest BCUT2D eigenvalue weighted by molar-refractivity contribution is 5.93. The van der Waals surface area contributed by atoms with E-state index in [1.54, 1.807) is 11.1 Å². The number of aryl methyl sites for hydroxylation is 1. The summed E-state index contributed by atoms with van der Waals surface area (Å²) in [6, 6.07) is 2.96. The van der Waals surface area contributed by atoms with Gasteiger partial charge in [0.2, 0.25) is 5.91 Å². The van der Waals surface area contributed by atoms with E-state index >= 15 is 0 Å².